The molecule has 1 heterocycles. The second kappa shape index (κ2) is 4.37. The summed E-state index contributed by atoms with van der Waals surface area (Å²) in [7, 11) is 0. The van der Waals surface area contributed by atoms with Crippen LogP contribution in [0.1, 0.15) is 10.4 Å². The molecule has 1 aromatic heterocycles. The molecule has 5 heteroatoms. The van der Waals surface area contributed by atoms with Crippen molar-refractivity contribution >= 4 is 23.2 Å². The number of carbonyl (C=O) groups is 1. The first-order chi connectivity index (χ1) is 7.66. The van der Waals surface area contributed by atoms with E-state index in [-0.39, 0.29) is 10.9 Å². The van der Waals surface area contributed by atoms with E-state index in [1.807, 2.05) is 0 Å². The lowest BCUT2D eigenvalue weighted by Crippen LogP contribution is -2.10. The van der Waals surface area contributed by atoms with E-state index in [9.17, 15) is 9.18 Å². The molecule has 0 fully saturated rings. The van der Waals surface area contributed by atoms with Crippen LogP contribution in [-0.4, -0.2) is 5.91 Å². The smallest absolute Gasteiger partial charge is 0.258 e. The highest BCUT2D eigenvalue weighted by atomic mass is 35.5. The summed E-state index contributed by atoms with van der Waals surface area (Å²) in [6.45, 7) is 0. The van der Waals surface area contributed by atoms with Crippen molar-refractivity contribution in [3.05, 3.63) is 53.2 Å². The molecule has 0 spiro atoms. The fourth-order valence-electron chi connectivity index (χ4n) is 1.17. The number of rotatable bonds is 2. The molecule has 0 unspecified atom stereocenters. The molecule has 2 aromatic rings. The average Bonchev–Trinajstić information content (AvgIpc) is 2.77. The number of amides is 1. The van der Waals surface area contributed by atoms with E-state index >= 15 is 0 Å². The van der Waals surface area contributed by atoms with Crippen LogP contribution in [0.4, 0.5) is 10.1 Å². The number of hydrogen-bond donors (Lipinski definition) is 1. The fourth-order valence-corrected chi connectivity index (χ4v) is 1.35. The molecular weight excluding hydrogens is 233 g/mol. The Morgan fingerprint density at radius 3 is 2.81 bits per heavy atom. The lowest BCUT2D eigenvalue weighted by Gasteiger charge is -2.03. The van der Waals surface area contributed by atoms with Gasteiger partial charge in [0.1, 0.15) is 12.1 Å². The highest BCUT2D eigenvalue weighted by Crippen LogP contribution is 2.19. The van der Waals surface area contributed by atoms with Gasteiger partial charge >= 0.3 is 0 Å². The Hall–Kier alpha value is -1.81. The Bertz CT molecular complexity index is 511. The van der Waals surface area contributed by atoms with Gasteiger partial charge in [-0.1, -0.05) is 11.6 Å². The number of furan rings is 1. The van der Waals surface area contributed by atoms with E-state index in [0.717, 1.165) is 0 Å². The Morgan fingerprint density at radius 2 is 2.19 bits per heavy atom. The molecule has 82 valence electrons. The van der Waals surface area contributed by atoms with Crippen LogP contribution in [-0.2, 0) is 0 Å². The number of hydrogen-bond acceptors (Lipinski definition) is 2. The summed E-state index contributed by atoms with van der Waals surface area (Å²) in [4.78, 5) is 11.6. The summed E-state index contributed by atoms with van der Waals surface area (Å²) in [6, 6.07) is 5.49. The van der Waals surface area contributed by atoms with E-state index in [1.54, 1.807) is 0 Å². The SMILES string of the molecule is O=C(Nc1ccc(F)c(Cl)c1)c1ccoc1. The molecule has 3 nitrogen and oxygen atoms in total. The van der Waals surface area contributed by atoms with Crippen LogP contribution in [0.3, 0.4) is 0 Å². The van der Waals surface area contributed by atoms with Gasteiger partial charge in [-0.05, 0) is 24.3 Å². The largest absolute Gasteiger partial charge is 0.472 e. The predicted molar refractivity (Wildman–Crippen MR) is 58.1 cm³/mol. The van der Waals surface area contributed by atoms with Crippen LogP contribution in [0.2, 0.25) is 5.02 Å². The van der Waals surface area contributed by atoms with Crippen molar-refractivity contribution < 1.29 is 13.6 Å². The van der Waals surface area contributed by atoms with Gasteiger partial charge in [0.2, 0.25) is 0 Å². The van der Waals surface area contributed by atoms with Gasteiger partial charge in [0.05, 0.1) is 16.8 Å². The van der Waals surface area contributed by atoms with Crippen LogP contribution in [0, 0.1) is 5.82 Å². The molecular formula is C11H7ClFNO2. The van der Waals surface area contributed by atoms with Crippen molar-refractivity contribution in [1.29, 1.82) is 0 Å². The van der Waals surface area contributed by atoms with E-state index in [2.05, 4.69) is 5.32 Å². The maximum atomic E-state index is 12.8. The third kappa shape index (κ3) is 2.23. The molecule has 0 saturated heterocycles. The van der Waals surface area contributed by atoms with Gasteiger partial charge < -0.3 is 9.73 Å². The molecule has 2 rings (SSSR count). The third-order valence-electron chi connectivity index (χ3n) is 1.96. The van der Waals surface area contributed by atoms with Gasteiger partial charge in [0.15, 0.2) is 0 Å². The molecule has 0 aliphatic carbocycles. The van der Waals surface area contributed by atoms with Gasteiger partial charge in [0, 0.05) is 5.69 Å². The highest BCUT2D eigenvalue weighted by molar-refractivity contribution is 6.31. The van der Waals surface area contributed by atoms with Crippen LogP contribution in [0.25, 0.3) is 0 Å². The second-order valence-corrected chi connectivity index (χ2v) is 3.50. The second-order valence-electron chi connectivity index (χ2n) is 3.10. The zero-order valence-electron chi connectivity index (χ0n) is 8.04. The number of nitrogens with one attached hydrogen (secondary N) is 1. The monoisotopic (exact) mass is 239 g/mol. The molecule has 0 saturated carbocycles. The van der Waals surface area contributed by atoms with Crippen LogP contribution >= 0.6 is 11.6 Å². The summed E-state index contributed by atoms with van der Waals surface area (Å²) < 4.78 is 17.6. The van der Waals surface area contributed by atoms with Crippen molar-refractivity contribution in [3.63, 3.8) is 0 Å². The molecule has 1 N–H and O–H groups in total. The number of halogens is 2. The van der Waals surface area contributed by atoms with E-state index < -0.39 is 5.82 Å². The maximum Gasteiger partial charge on any atom is 0.258 e. The minimum Gasteiger partial charge on any atom is -0.472 e. The van der Waals surface area contributed by atoms with Gasteiger partial charge in [-0.25, -0.2) is 4.39 Å². The van der Waals surface area contributed by atoms with Crippen LogP contribution in [0.5, 0.6) is 0 Å². The molecule has 1 amide bonds. The first-order valence-corrected chi connectivity index (χ1v) is 4.83. The molecule has 0 bridgehead atoms. The van der Waals surface area contributed by atoms with Gasteiger partial charge in [-0.15, -0.1) is 0 Å². The Balaban J connectivity index is 2.15. The molecule has 0 atom stereocenters. The minimum atomic E-state index is -0.525. The summed E-state index contributed by atoms with van der Waals surface area (Å²) >= 11 is 5.58. The summed E-state index contributed by atoms with van der Waals surface area (Å²) in [6.07, 6.45) is 2.72. The minimum absolute atomic E-state index is 0.0370. The predicted octanol–water partition coefficient (Wildman–Crippen LogP) is 3.32. The molecule has 0 aliphatic heterocycles. The summed E-state index contributed by atoms with van der Waals surface area (Å²) in [5.74, 6) is -0.862. The zero-order chi connectivity index (χ0) is 11.5. The van der Waals surface area contributed by atoms with Crippen molar-refractivity contribution in [2.75, 3.05) is 5.32 Å². The molecule has 1 aromatic carbocycles. The van der Waals surface area contributed by atoms with Crippen molar-refractivity contribution in [3.8, 4) is 0 Å². The van der Waals surface area contributed by atoms with Gasteiger partial charge in [-0.3, -0.25) is 4.79 Å². The van der Waals surface area contributed by atoms with Gasteiger partial charge in [-0.2, -0.15) is 0 Å². The Labute approximate surface area is 95.8 Å². The fraction of sp³-hybridized carbons (Fsp3) is 0. The quantitative estimate of drug-likeness (QED) is 0.874. The molecule has 0 radical (unpaired) electrons. The van der Waals surface area contributed by atoms with E-state index in [4.69, 9.17) is 16.0 Å². The first kappa shape index (κ1) is 10.7. The number of anilines is 1. The maximum absolute atomic E-state index is 12.8. The lowest BCUT2D eigenvalue weighted by atomic mass is 10.2. The van der Waals surface area contributed by atoms with Crippen LogP contribution < -0.4 is 5.32 Å². The topological polar surface area (TPSA) is 42.2 Å². The van der Waals surface area contributed by atoms with E-state index in [0.29, 0.717) is 11.3 Å². The third-order valence-corrected chi connectivity index (χ3v) is 2.25. The van der Waals surface area contributed by atoms with Crippen molar-refractivity contribution in [1.82, 2.24) is 0 Å². The molecule has 16 heavy (non-hydrogen) atoms. The van der Waals surface area contributed by atoms with E-state index in [1.165, 1.54) is 36.8 Å². The van der Waals surface area contributed by atoms with Crippen molar-refractivity contribution in [2.24, 2.45) is 0 Å². The average molecular weight is 240 g/mol. The summed E-state index contributed by atoms with van der Waals surface area (Å²) in [5, 5.41) is 2.53. The normalized spacial score (nSPS) is 10.1. The standard InChI is InChI=1S/C11H7ClFNO2/c12-9-5-8(1-2-10(9)13)14-11(15)7-3-4-16-6-7/h1-6H,(H,14,15). The Morgan fingerprint density at radius 1 is 1.38 bits per heavy atom. The lowest BCUT2D eigenvalue weighted by molar-refractivity contribution is 0.102. The number of benzene rings is 1. The molecule has 0 aliphatic rings. The highest BCUT2D eigenvalue weighted by Gasteiger charge is 2.08. The summed E-state index contributed by atoms with van der Waals surface area (Å²) in [5.41, 5.74) is 0.818. The Kier molecular flexibility index (Phi) is 2.92. The first-order valence-electron chi connectivity index (χ1n) is 4.45. The van der Waals surface area contributed by atoms with Crippen LogP contribution in [0.15, 0.2) is 41.2 Å². The van der Waals surface area contributed by atoms with Crippen molar-refractivity contribution in [2.45, 2.75) is 0 Å². The van der Waals surface area contributed by atoms with Gasteiger partial charge in [0.25, 0.3) is 5.91 Å². The zero-order valence-corrected chi connectivity index (χ0v) is 8.79. The number of carbonyl (C=O) groups excluding carboxylic acids is 1.